The molecular formula is C14H11F4NO2. The first-order valence-electron chi connectivity index (χ1n) is 5.89. The maximum Gasteiger partial charge on any atom is 0.573 e. The molecule has 0 spiro atoms. The molecule has 2 N–H and O–H groups in total. The summed E-state index contributed by atoms with van der Waals surface area (Å²) in [5.74, 6) is -0.182. The predicted molar refractivity (Wildman–Crippen MR) is 67.5 cm³/mol. The minimum absolute atomic E-state index is 0.0718. The van der Waals surface area contributed by atoms with E-state index in [0.717, 1.165) is 12.1 Å². The molecule has 0 saturated carbocycles. The Bertz CT molecular complexity index is 611. The zero-order chi connectivity index (χ0) is 15.5. The number of ether oxygens (including phenoxy) is 2. The molecule has 0 amide bonds. The van der Waals surface area contributed by atoms with Gasteiger partial charge in [-0.2, -0.15) is 0 Å². The Labute approximate surface area is 117 Å². The molecule has 0 unspecified atom stereocenters. The van der Waals surface area contributed by atoms with Crippen LogP contribution < -0.4 is 15.2 Å². The zero-order valence-corrected chi connectivity index (χ0v) is 10.7. The van der Waals surface area contributed by atoms with Gasteiger partial charge in [0.2, 0.25) is 0 Å². The molecule has 0 aliphatic carbocycles. The normalized spacial score (nSPS) is 11.3. The maximum atomic E-state index is 13.0. The monoisotopic (exact) mass is 301 g/mol. The number of alkyl halides is 3. The fourth-order valence-electron chi connectivity index (χ4n) is 1.64. The van der Waals surface area contributed by atoms with Gasteiger partial charge in [-0.1, -0.05) is 0 Å². The second kappa shape index (κ2) is 6.01. The Morgan fingerprint density at radius 2 is 1.57 bits per heavy atom. The van der Waals surface area contributed by atoms with E-state index >= 15 is 0 Å². The third kappa shape index (κ3) is 4.35. The molecule has 7 heteroatoms. The van der Waals surface area contributed by atoms with E-state index in [9.17, 15) is 17.6 Å². The Morgan fingerprint density at radius 3 is 2.14 bits per heavy atom. The van der Waals surface area contributed by atoms with Gasteiger partial charge in [-0.15, -0.1) is 13.2 Å². The van der Waals surface area contributed by atoms with Crippen LogP contribution >= 0.6 is 0 Å². The van der Waals surface area contributed by atoms with Gasteiger partial charge in [0.25, 0.3) is 0 Å². The molecular weight excluding hydrogens is 290 g/mol. The van der Waals surface area contributed by atoms with E-state index in [4.69, 9.17) is 10.5 Å². The summed E-state index contributed by atoms with van der Waals surface area (Å²) in [5, 5.41) is 0. The highest BCUT2D eigenvalue weighted by Gasteiger charge is 2.30. The summed E-state index contributed by atoms with van der Waals surface area (Å²) >= 11 is 0. The second-order valence-corrected chi connectivity index (χ2v) is 4.08. The van der Waals surface area contributed by atoms with Crippen molar-refractivity contribution in [2.75, 3.05) is 0 Å². The lowest BCUT2D eigenvalue weighted by molar-refractivity contribution is -0.274. The smallest absolute Gasteiger partial charge is 0.457 e. The Balaban J connectivity index is 2.14. The van der Waals surface area contributed by atoms with Gasteiger partial charge in [0, 0.05) is 12.1 Å². The highest BCUT2D eigenvalue weighted by molar-refractivity contribution is 5.39. The van der Waals surface area contributed by atoms with E-state index in [0.29, 0.717) is 11.3 Å². The third-order valence-corrected chi connectivity index (χ3v) is 2.53. The lowest BCUT2D eigenvalue weighted by Crippen LogP contribution is -2.16. The van der Waals surface area contributed by atoms with Gasteiger partial charge in [0.05, 0.1) is 0 Å². The van der Waals surface area contributed by atoms with E-state index in [-0.39, 0.29) is 18.0 Å². The Morgan fingerprint density at radius 1 is 0.952 bits per heavy atom. The van der Waals surface area contributed by atoms with Crippen LogP contribution in [0.5, 0.6) is 17.2 Å². The molecule has 2 aromatic carbocycles. The van der Waals surface area contributed by atoms with Gasteiger partial charge >= 0.3 is 6.36 Å². The molecule has 0 fully saturated rings. The Kier molecular flexibility index (Phi) is 4.32. The lowest BCUT2D eigenvalue weighted by atomic mass is 10.2. The van der Waals surface area contributed by atoms with Crippen LogP contribution in [0.3, 0.4) is 0 Å². The van der Waals surface area contributed by atoms with Crippen LogP contribution in [0.15, 0.2) is 42.5 Å². The van der Waals surface area contributed by atoms with Crippen LogP contribution in [0, 0.1) is 5.82 Å². The number of hydrogen-bond donors (Lipinski definition) is 1. The summed E-state index contributed by atoms with van der Waals surface area (Å²) in [6.45, 7) is 0.0718. The SMILES string of the molecule is NCc1cc(F)ccc1Oc1ccc(OC(F)(F)F)cc1. The first-order valence-corrected chi connectivity index (χ1v) is 5.89. The van der Waals surface area contributed by atoms with Gasteiger partial charge in [0.15, 0.2) is 0 Å². The molecule has 0 bridgehead atoms. The van der Waals surface area contributed by atoms with Crippen LogP contribution in [0.4, 0.5) is 17.6 Å². The quantitative estimate of drug-likeness (QED) is 0.869. The molecule has 112 valence electrons. The molecule has 0 atom stereocenters. The molecule has 0 aliphatic rings. The van der Waals surface area contributed by atoms with Gasteiger partial charge < -0.3 is 15.2 Å². The first kappa shape index (κ1) is 15.1. The van der Waals surface area contributed by atoms with Gasteiger partial charge in [0.1, 0.15) is 23.1 Å². The largest absolute Gasteiger partial charge is 0.573 e. The van der Waals surface area contributed by atoms with Crippen molar-refractivity contribution in [3.63, 3.8) is 0 Å². The van der Waals surface area contributed by atoms with Crippen molar-refractivity contribution in [2.45, 2.75) is 12.9 Å². The molecule has 0 radical (unpaired) electrons. The molecule has 3 nitrogen and oxygen atoms in total. The van der Waals surface area contributed by atoms with Gasteiger partial charge in [-0.25, -0.2) is 4.39 Å². The third-order valence-electron chi connectivity index (χ3n) is 2.53. The van der Waals surface area contributed by atoms with E-state index in [2.05, 4.69) is 4.74 Å². The standard InChI is InChI=1S/C14H11F4NO2/c15-10-1-6-13(9(7-10)8-19)20-11-2-4-12(5-3-11)21-14(16,17)18/h1-7H,8,19H2. The average Bonchev–Trinajstić information content (AvgIpc) is 2.41. The highest BCUT2D eigenvalue weighted by atomic mass is 19.4. The van der Waals surface area contributed by atoms with Crippen molar-refractivity contribution in [2.24, 2.45) is 5.73 Å². The van der Waals surface area contributed by atoms with E-state index in [1.54, 1.807) is 0 Å². The van der Waals surface area contributed by atoms with Crippen molar-refractivity contribution in [3.05, 3.63) is 53.8 Å². The number of rotatable bonds is 4. The van der Waals surface area contributed by atoms with Crippen LogP contribution in [0.1, 0.15) is 5.56 Å². The lowest BCUT2D eigenvalue weighted by Gasteiger charge is -2.12. The fourth-order valence-corrected chi connectivity index (χ4v) is 1.64. The summed E-state index contributed by atoms with van der Waals surface area (Å²) in [4.78, 5) is 0. The summed E-state index contributed by atoms with van der Waals surface area (Å²) in [6.07, 6.45) is -4.74. The summed E-state index contributed by atoms with van der Waals surface area (Å²) in [5.41, 5.74) is 5.92. The van der Waals surface area contributed by atoms with Crippen LogP contribution in [-0.4, -0.2) is 6.36 Å². The predicted octanol–water partition coefficient (Wildman–Crippen LogP) is 3.98. The van der Waals surface area contributed by atoms with Crippen molar-refractivity contribution in [1.29, 1.82) is 0 Å². The molecule has 0 aromatic heterocycles. The van der Waals surface area contributed by atoms with Gasteiger partial charge in [-0.3, -0.25) is 0 Å². The summed E-state index contributed by atoms with van der Waals surface area (Å²) < 4.78 is 58.3. The minimum Gasteiger partial charge on any atom is -0.457 e. The van der Waals surface area contributed by atoms with Crippen LogP contribution in [-0.2, 0) is 6.54 Å². The number of nitrogens with two attached hydrogens (primary N) is 1. The first-order chi connectivity index (χ1) is 9.87. The van der Waals surface area contributed by atoms with Crippen LogP contribution in [0.2, 0.25) is 0 Å². The second-order valence-electron chi connectivity index (χ2n) is 4.08. The number of hydrogen-bond acceptors (Lipinski definition) is 3. The summed E-state index contributed by atoms with van der Waals surface area (Å²) in [6, 6.07) is 8.70. The van der Waals surface area contributed by atoms with Crippen LogP contribution in [0.25, 0.3) is 0 Å². The maximum absolute atomic E-state index is 13.0. The van der Waals surface area contributed by atoms with Crippen molar-refractivity contribution >= 4 is 0 Å². The molecule has 0 aliphatic heterocycles. The average molecular weight is 301 g/mol. The van der Waals surface area contributed by atoms with Gasteiger partial charge in [-0.05, 0) is 42.5 Å². The van der Waals surface area contributed by atoms with Crippen molar-refractivity contribution in [1.82, 2.24) is 0 Å². The minimum atomic E-state index is -4.74. The molecule has 0 heterocycles. The van der Waals surface area contributed by atoms with Crippen molar-refractivity contribution in [3.8, 4) is 17.2 Å². The molecule has 21 heavy (non-hydrogen) atoms. The Hall–Kier alpha value is -2.28. The molecule has 2 aromatic rings. The fraction of sp³-hybridized carbons (Fsp3) is 0.143. The zero-order valence-electron chi connectivity index (χ0n) is 10.7. The number of benzene rings is 2. The molecule has 0 saturated heterocycles. The summed E-state index contributed by atoms with van der Waals surface area (Å²) in [7, 11) is 0. The van der Waals surface area contributed by atoms with Crippen molar-refractivity contribution < 1.29 is 27.0 Å². The van der Waals surface area contributed by atoms with E-state index in [1.165, 1.54) is 30.3 Å². The molecule has 2 rings (SSSR count). The topological polar surface area (TPSA) is 44.5 Å². The number of halogens is 4. The van der Waals surface area contributed by atoms with E-state index < -0.39 is 12.2 Å². The highest BCUT2D eigenvalue weighted by Crippen LogP contribution is 2.29. The van der Waals surface area contributed by atoms with E-state index in [1.807, 2.05) is 0 Å².